The molecule has 1 fully saturated rings. The number of rotatable bonds is 1. The van der Waals surface area contributed by atoms with E-state index in [4.69, 9.17) is 4.74 Å². The Bertz CT molecular complexity index is 675. The lowest BCUT2D eigenvalue weighted by atomic mass is 10.0. The number of nitrogens with zero attached hydrogens (tertiary/aromatic N) is 2. The Hall–Kier alpha value is -2.24. The van der Waals surface area contributed by atoms with Crippen molar-refractivity contribution in [3.05, 3.63) is 29.8 Å². The molecule has 26 heavy (non-hydrogen) atoms. The Labute approximate surface area is 155 Å². The first kappa shape index (κ1) is 18.5. The average molecular weight is 359 g/mol. The maximum atomic E-state index is 12.7. The molecule has 1 atom stereocenters. The normalized spacial score (nSPS) is 20.7. The van der Waals surface area contributed by atoms with E-state index < -0.39 is 5.60 Å². The third-order valence-electron chi connectivity index (χ3n) is 4.93. The SMILES string of the molecule is CC1CN(C(=O)NC2CCN(C(=O)OC(C)(C)C)CC2)c2ccccc21. The molecule has 6 nitrogen and oxygen atoms in total. The molecule has 0 aromatic heterocycles. The molecule has 3 amide bonds. The van der Waals surface area contributed by atoms with Gasteiger partial charge in [0.1, 0.15) is 5.60 Å². The summed E-state index contributed by atoms with van der Waals surface area (Å²) in [6.07, 6.45) is 1.22. The van der Waals surface area contributed by atoms with Crippen molar-refractivity contribution < 1.29 is 14.3 Å². The number of para-hydroxylation sites is 1. The van der Waals surface area contributed by atoms with E-state index in [9.17, 15) is 9.59 Å². The zero-order valence-electron chi connectivity index (χ0n) is 16.1. The van der Waals surface area contributed by atoms with Crippen LogP contribution in [0, 0.1) is 0 Å². The maximum absolute atomic E-state index is 12.7. The Balaban J connectivity index is 1.52. The van der Waals surface area contributed by atoms with Gasteiger partial charge in [-0.2, -0.15) is 0 Å². The number of likely N-dealkylation sites (tertiary alicyclic amines) is 1. The lowest BCUT2D eigenvalue weighted by molar-refractivity contribution is 0.0201. The second-order valence-corrected chi connectivity index (χ2v) is 8.26. The molecule has 1 saturated heterocycles. The summed E-state index contributed by atoms with van der Waals surface area (Å²) in [6, 6.07) is 8.12. The monoisotopic (exact) mass is 359 g/mol. The van der Waals surface area contributed by atoms with E-state index in [1.807, 2.05) is 43.9 Å². The van der Waals surface area contributed by atoms with Crippen LogP contribution in [-0.4, -0.2) is 48.3 Å². The standard InChI is InChI=1S/C20H29N3O3/c1-14-13-23(17-8-6-5-7-16(14)17)18(24)21-15-9-11-22(12-10-15)19(25)26-20(2,3)4/h5-8,14-15H,9-13H2,1-4H3,(H,21,24). The van der Waals surface area contributed by atoms with Gasteiger partial charge in [0.2, 0.25) is 0 Å². The third-order valence-corrected chi connectivity index (χ3v) is 4.93. The van der Waals surface area contributed by atoms with Crippen molar-refractivity contribution >= 4 is 17.8 Å². The van der Waals surface area contributed by atoms with Crippen LogP contribution < -0.4 is 10.2 Å². The van der Waals surface area contributed by atoms with Crippen LogP contribution in [0.5, 0.6) is 0 Å². The molecular weight excluding hydrogens is 330 g/mol. The number of urea groups is 1. The van der Waals surface area contributed by atoms with E-state index in [1.54, 1.807) is 4.90 Å². The summed E-state index contributed by atoms with van der Waals surface area (Å²) in [5.41, 5.74) is 1.74. The van der Waals surface area contributed by atoms with Crippen LogP contribution in [-0.2, 0) is 4.74 Å². The van der Waals surface area contributed by atoms with Gasteiger partial charge >= 0.3 is 12.1 Å². The summed E-state index contributed by atoms with van der Waals surface area (Å²) in [5, 5.41) is 3.14. The lowest BCUT2D eigenvalue weighted by Gasteiger charge is -2.34. The van der Waals surface area contributed by atoms with Crippen LogP contribution in [0.1, 0.15) is 52.0 Å². The number of piperidine rings is 1. The topological polar surface area (TPSA) is 61.9 Å². The number of amides is 3. The highest BCUT2D eigenvalue weighted by molar-refractivity contribution is 5.94. The van der Waals surface area contributed by atoms with Gasteiger partial charge in [-0.05, 0) is 45.2 Å². The van der Waals surface area contributed by atoms with Gasteiger partial charge in [0.15, 0.2) is 0 Å². The highest BCUT2D eigenvalue weighted by Crippen LogP contribution is 2.35. The van der Waals surface area contributed by atoms with Crippen LogP contribution in [0.15, 0.2) is 24.3 Å². The van der Waals surface area contributed by atoms with E-state index in [1.165, 1.54) is 5.56 Å². The van der Waals surface area contributed by atoms with Gasteiger partial charge in [-0.25, -0.2) is 9.59 Å². The summed E-state index contributed by atoms with van der Waals surface area (Å²) in [5.74, 6) is 0.353. The van der Waals surface area contributed by atoms with Crippen molar-refractivity contribution in [3.8, 4) is 0 Å². The predicted octanol–water partition coefficient (Wildman–Crippen LogP) is 3.72. The molecule has 2 heterocycles. The molecule has 2 aliphatic heterocycles. The first-order valence-electron chi connectivity index (χ1n) is 9.39. The molecule has 0 radical (unpaired) electrons. The van der Waals surface area contributed by atoms with Crippen molar-refractivity contribution in [1.29, 1.82) is 0 Å². The van der Waals surface area contributed by atoms with E-state index in [2.05, 4.69) is 18.3 Å². The fourth-order valence-corrected chi connectivity index (χ4v) is 3.60. The van der Waals surface area contributed by atoms with Crippen molar-refractivity contribution in [2.45, 2.75) is 58.1 Å². The summed E-state index contributed by atoms with van der Waals surface area (Å²) in [7, 11) is 0. The molecule has 1 aromatic rings. The molecule has 1 N–H and O–H groups in total. The largest absolute Gasteiger partial charge is 0.444 e. The summed E-state index contributed by atoms with van der Waals surface area (Å²) in [6.45, 7) is 9.67. The lowest BCUT2D eigenvalue weighted by Crippen LogP contribution is -2.50. The molecule has 0 saturated carbocycles. The van der Waals surface area contributed by atoms with Gasteiger partial charge in [-0.3, -0.25) is 4.90 Å². The molecule has 1 unspecified atom stereocenters. The molecule has 2 aliphatic rings. The number of hydrogen-bond acceptors (Lipinski definition) is 3. The van der Waals surface area contributed by atoms with Gasteiger partial charge in [0.05, 0.1) is 0 Å². The number of hydrogen-bond donors (Lipinski definition) is 1. The molecular formula is C20H29N3O3. The van der Waals surface area contributed by atoms with Gasteiger partial charge in [-0.15, -0.1) is 0 Å². The minimum atomic E-state index is -0.484. The average Bonchev–Trinajstić information content (AvgIpc) is 2.91. The second kappa shape index (κ2) is 7.17. The Morgan fingerprint density at radius 1 is 1.15 bits per heavy atom. The van der Waals surface area contributed by atoms with Crippen molar-refractivity contribution in [1.82, 2.24) is 10.2 Å². The van der Waals surface area contributed by atoms with Gasteiger partial charge in [0.25, 0.3) is 0 Å². The smallest absolute Gasteiger partial charge is 0.410 e. The molecule has 0 bridgehead atoms. The Morgan fingerprint density at radius 2 is 1.81 bits per heavy atom. The van der Waals surface area contributed by atoms with Gasteiger partial charge < -0.3 is 15.0 Å². The minimum Gasteiger partial charge on any atom is -0.444 e. The van der Waals surface area contributed by atoms with Crippen LogP contribution in [0.25, 0.3) is 0 Å². The van der Waals surface area contributed by atoms with Crippen molar-refractivity contribution in [2.75, 3.05) is 24.5 Å². The molecule has 0 aliphatic carbocycles. The maximum Gasteiger partial charge on any atom is 0.410 e. The number of nitrogens with one attached hydrogen (secondary N) is 1. The fraction of sp³-hybridized carbons (Fsp3) is 0.600. The van der Waals surface area contributed by atoms with E-state index >= 15 is 0 Å². The summed E-state index contributed by atoms with van der Waals surface area (Å²) < 4.78 is 5.42. The molecule has 3 rings (SSSR count). The number of ether oxygens (including phenoxy) is 1. The third kappa shape index (κ3) is 4.11. The quantitative estimate of drug-likeness (QED) is 0.831. The zero-order chi connectivity index (χ0) is 18.9. The van der Waals surface area contributed by atoms with E-state index in [-0.39, 0.29) is 18.2 Å². The van der Waals surface area contributed by atoms with Crippen LogP contribution >= 0.6 is 0 Å². The number of anilines is 1. The molecule has 1 aromatic carbocycles. The first-order valence-corrected chi connectivity index (χ1v) is 9.39. The fourth-order valence-electron chi connectivity index (χ4n) is 3.60. The first-order chi connectivity index (χ1) is 12.2. The van der Waals surface area contributed by atoms with Crippen molar-refractivity contribution in [2.24, 2.45) is 0 Å². The molecule has 142 valence electrons. The minimum absolute atomic E-state index is 0.0440. The van der Waals surface area contributed by atoms with Crippen LogP contribution in [0.2, 0.25) is 0 Å². The zero-order valence-corrected chi connectivity index (χ0v) is 16.1. The Morgan fingerprint density at radius 3 is 2.46 bits per heavy atom. The number of carbonyl (C=O) groups excluding carboxylic acids is 2. The number of fused-ring (bicyclic) bond motifs is 1. The second-order valence-electron chi connectivity index (χ2n) is 8.26. The highest BCUT2D eigenvalue weighted by Gasteiger charge is 2.32. The summed E-state index contributed by atoms with van der Waals surface area (Å²) >= 11 is 0. The number of benzene rings is 1. The molecule has 0 spiro atoms. The van der Waals surface area contributed by atoms with Crippen molar-refractivity contribution in [3.63, 3.8) is 0 Å². The summed E-state index contributed by atoms with van der Waals surface area (Å²) in [4.78, 5) is 28.4. The van der Waals surface area contributed by atoms with Gasteiger partial charge in [0, 0.05) is 37.3 Å². The van der Waals surface area contributed by atoms with Crippen LogP contribution in [0.4, 0.5) is 15.3 Å². The number of carbonyl (C=O) groups is 2. The van der Waals surface area contributed by atoms with E-state index in [0.717, 1.165) is 18.5 Å². The predicted molar refractivity (Wildman–Crippen MR) is 102 cm³/mol. The molecule has 6 heteroatoms. The van der Waals surface area contributed by atoms with Crippen LogP contribution in [0.3, 0.4) is 0 Å². The van der Waals surface area contributed by atoms with Gasteiger partial charge in [-0.1, -0.05) is 25.1 Å². The van der Waals surface area contributed by atoms with E-state index in [0.29, 0.717) is 25.6 Å². The highest BCUT2D eigenvalue weighted by atomic mass is 16.6. The Kier molecular flexibility index (Phi) is 5.12.